The molecule has 0 fully saturated rings. The van der Waals surface area contributed by atoms with Gasteiger partial charge in [-0.05, 0) is 6.42 Å². The molecule has 0 N–H and O–H groups in total. The molecule has 0 aliphatic heterocycles. The number of hydrogen-bond acceptors (Lipinski definition) is 4. The number of carbonyl (C=O) groups excluding carboxylic acids is 1. The molecule has 0 bridgehead atoms. The average molecular weight is 194 g/mol. The third-order valence-electron chi connectivity index (χ3n) is 1.92. The van der Waals surface area contributed by atoms with Gasteiger partial charge in [0.05, 0.1) is 10.9 Å². The maximum absolute atomic E-state index is 10.6. The lowest BCUT2D eigenvalue weighted by molar-refractivity contribution is -0.385. The van der Waals surface area contributed by atoms with Crippen LogP contribution in [-0.2, 0) is 6.42 Å². The standard InChI is InChI=1S/C9H9NO4/c1-2-6-7(9(11)12)4-3-5-8(6)10(13)14/h3-5H,2H2,1H3,(H,11,12)/p-1. The SMILES string of the molecule is CCc1c(C(=O)[O-])cccc1[N+](=O)[O-]. The first-order valence-corrected chi connectivity index (χ1v) is 4.05. The fourth-order valence-corrected chi connectivity index (χ4v) is 1.31. The minimum Gasteiger partial charge on any atom is -0.545 e. The molecule has 0 saturated carbocycles. The Bertz CT molecular complexity index is 354. The van der Waals surface area contributed by atoms with Crippen molar-refractivity contribution in [3.05, 3.63) is 39.4 Å². The Morgan fingerprint density at radius 1 is 1.50 bits per heavy atom. The Morgan fingerprint density at radius 2 is 2.14 bits per heavy atom. The van der Waals surface area contributed by atoms with E-state index in [1.165, 1.54) is 18.2 Å². The summed E-state index contributed by atoms with van der Waals surface area (Å²) in [5, 5.41) is 21.2. The number of carbonyl (C=O) groups is 1. The summed E-state index contributed by atoms with van der Waals surface area (Å²) in [7, 11) is 0. The summed E-state index contributed by atoms with van der Waals surface area (Å²) in [5.74, 6) is -1.38. The topological polar surface area (TPSA) is 83.3 Å². The van der Waals surface area contributed by atoms with Crippen molar-refractivity contribution in [1.29, 1.82) is 0 Å². The molecule has 5 heteroatoms. The highest BCUT2D eigenvalue weighted by Gasteiger charge is 2.15. The number of benzene rings is 1. The van der Waals surface area contributed by atoms with E-state index in [9.17, 15) is 20.0 Å². The molecule has 14 heavy (non-hydrogen) atoms. The Hall–Kier alpha value is -1.91. The zero-order valence-electron chi connectivity index (χ0n) is 7.52. The second kappa shape index (κ2) is 3.87. The van der Waals surface area contributed by atoms with Gasteiger partial charge in [-0.1, -0.05) is 19.1 Å². The minimum absolute atomic E-state index is 0.110. The number of aromatic carboxylic acids is 1. The van der Waals surface area contributed by atoms with Gasteiger partial charge in [-0.15, -0.1) is 0 Å². The molecule has 74 valence electrons. The van der Waals surface area contributed by atoms with E-state index in [1.54, 1.807) is 6.92 Å². The lowest BCUT2D eigenvalue weighted by Gasteiger charge is -2.08. The highest BCUT2D eigenvalue weighted by atomic mass is 16.6. The average Bonchev–Trinajstić information content (AvgIpc) is 2.16. The Morgan fingerprint density at radius 3 is 2.57 bits per heavy atom. The molecule has 0 aromatic heterocycles. The van der Waals surface area contributed by atoms with Crippen LogP contribution in [0.25, 0.3) is 0 Å². The van der Waals surface area contributed by atoms with E-state index >= 15 is 0 Å². The van der Waals surface area contributed by atoms with E-state index in [4.69, 9.17) is 0 Å². The van der Waals surface area contributed by atoms with Gasteiger partial charge in [0.25, 0.3) is 5.69 Å². The van der Waals surface area contributed by atoms with E-state index in [-0.39, 0.29) is 16.8 Å². The molecule has 1 rings (SSSR count). The Balaban J connectivity index is 3.39. The van der Waals surface area contributed by atoms with Gasteiger partial charge in [0.2, 0.25) is 0 Å². The van der Waals surface area contributed by atoms with E-state index in [0.29, 0.717) is 6.42 Å². The molecule has 0 unspecified atom stereocenters. The van der Waals surface area contributed by atoms with Crippen molar-refractivity contribution >= 4 is 11.7 Å². The monoisotopic (exact) mass is 194 g/mol. The smallest absolute Gasteiger partial charge is 0.273 e. The molecule has 0 atom stereocenters. The van der Waals surface area contributed by atoms with E-state index in [2.05, 4.69) is 0 Å². The van der Waals surface area contributed by atoms with Crippen molar-refractivity contribution in [2.24, 2.45) is 0 Å². The number of rotatable bonds is 3. The molecule has 1 aromatic carbocycles. The highest BCUT2D eigenvalue weighted by Crippen LogP contribution is 2.22. The van der Waals surface area contributed by atoms with Crippen LogP contribution in [0.5, 0.6) is 0 Å². The summed E-state index contributed by atoms with van der Waals surface area (Å²) in [4.78, 5) is 20.6. The van der Waals surface area contributed by atoms with Gasteiger partial charge < -0.3 is 9.90 Å². The molecular weight excluding hydrogens is 186 g/mol. The molecule has 0 aliphatic carbocycles. The number of carboxylic acids is 1. The van der Waals surface area contributed by atoms with Gasteiger partial charge in [-0.3, -0.25) is 10.1 Å². The van der Waals surface area contributed by atoms with E-state index in [1.807, 2.05) is 0 Å². The first kappa shape index (κ1) is 10.2. The first-order valence-electron chi connectivity index (χ1n) is 4.05. The summed E-state index contributed by atoms with van der Waals surface area (Å²) in [5.41, 5.74) is -0.0756. The molecule has 0 aliphatic rings. The van der Waals surface area contributed by atoms with Crippen LogP contribution < -0.4 is 5.11 Å². The van der Waals surface area contributed by atoms with E-state index < -0.39 is 10.9 Å². The number of hydrogen-bond donors (Lipinski definition) is 0. The third-order valence-corrected chi connectivity index (χ3v) is 1.92. The van der Waals surface area contributed by atoms with Crippen LogP contribution in [0.3, 0.4) is 0 Å². The molecule has 1 aromatic rings. The van der Waals surface area contributed by atoms with Gasteiger partial charge in [0, 0.05) is 17.2 Å². The quantitative estimate of drug-likeness (QED) is 0.518. The lowest BCUT2D eigenvalue weighted by Crippen LogP contribution is -2.24. The van der Waals surface area contributed by atoms with Gasteiger partial charge in [-0.2, -0.15) is 0 Å². The fraction of sp³-hybridized carbons (Fsp3) is 0.222. The molecule has 0 amide bonds. The van der Waals surface area contributed by atoms with Crippen LogP contribution >= 0.6 is 0 Å². The van der Waals surface area contributed by atoms with Crippen molar-refractivity contribution in [3.63, 3.8) is 0 Å². The summed E-state index contributed by atoms with van der Waals surface area (Å²) >= 11 is 0. The third kappa shape index (κ3) is 1.71. The zero-order chi connectivity index (χ0) is 10.7. The first-order chi connectivity index (χ1) is 6.57. The maximum atomic E-state index is 10.6. The number of nitro groups is 1. The summed E-state index contributed by atoms with van der Waals surface area (Å²) < 4.78 is 0. The normalized spacial score (nSPS) is 9.79. The van der Waals surface area contributed by atoms with Crippen LogP contribution in [0.15, 0.2) is 18.2 Å². The molecule has 0 radical (unpaired) electrons. The van der Waals surface area contributed by atoms with Gasteiger partial charge in [0.15, 0.2) is 0 Å². The number of nitro benzene ring substituents is 1. The van der Waals surface area contributed by atoms with Crippen molar-refractivity contribution < 1.29 is 14.8 Å². The number of carboxylic acid groups (broad SMARTS) is 1. The van der Waals surface area contributed by atoms with Crippen molar-refractivity contribution in [3.8, 4) is 0 Å². The molecular formula is C9H8NO4-. The zero-order valence-corrected chi connectivity index (χ0v) is 7.52. The predicted molar refractivity (Wildman–Crippen MR) is 46.8 cm³/mol. The van der Waals surface area contributed by atoms with Crippen molar-refractivity contribution in [1.82, 2.24) is 0 Å². The second-order valence-corrected chi connectivity index (χ2v) is 2.70. The molecule has 0 saturated heterocycles. The van der Waals surface area contributed by atoms with Crippen molar-refractivity contribution in [2.75, 3.05) is 0 Å². The molecule has 0 heterocycles. The highest BCUT2D eigenvalue weighted by molar-refractivity contribution is 5.89. The summed E-state index contributed by atoms with van der Waals surface area (Å²) in [6.45, 7) is 1.66. The minimum atomic E-state index is -1.38. The predicted octanol–water partition coefficient (Wildman–Crippen LogP) is 0.521. The largest absolute Gasteiger partial charge is 0.545 e. The van der Waals surface area contributed by atoms with Gasteiger partial charge in [-0.25, -0.2) is 0 Å². The van der Waals surface area contributed by atoms with E-state index in [0.717, 1.165) is 0 Å². The Kier molecular flexibility index (Phi) is 2.81. The van der Waals surface area contributed by atoms with Crippen LogP contribution in [0.4, 0.5) is 5.69 Å². The van der Waals surface area contributed by atoms with Gasteiger partial charge in [0.1, 0.15) is 0 Å². The number of nitrogens with zero attached hydrogens (tertiary/aromatic N) is 1. The van der Waals surface area contributed by atoms with Crippen molar-refractivity contribution in [2.45, 2.75) is 13.3 Å². The molecule has 0 spiro atoms. The van der Waals surface area contributed by atoms with Crippen LogP contribution in [0.1, 0.15) is 22.8 Å². The van der Waals surface area contributed by atoms with Crippen LogP contribution in [0.2, 0.25) is 0 Å². The fourth-order valence-electron chi connectivity index (χ4n) is 1.31. The van der Waals surface area contributed by atoms with Crippen LogP contribution in [-0.4, -0.2) is 10.9 Å². The van der Waals surface area contributed by atoms with Crippen LogP contribution in [0, 0.1) is 10.1 Å². The Labute approximate surface area is 80.1 Å². The summed E-state index contributed by atoms with van der Waals surface area (Å²) in [6.07, 6.45) is 0.292. The molecule has 5 nitrogen and oxygen atoms in total. The second-order valence-electron chi connectivity index (χ2n) is 2.70. The lowest BCUT2D eigenvalue weighted by atomic mass is 10.0. The summed E-state index contributed by atoms with van der Waals surface area (Å²) in [6, 6.07) is 3.93. The van der Waals surface area contributed by atoms with Gasteiger partial charge >= 0.3 is 0 Å². The maximum Gasteiger partial charge on any atom is 0.273 e.